The molecule has 1 aromatic rings. The number of benzene rings is 1. The van der Waals surface area contributed by atoms with Crippen molar-refractivity contribution in [2.24, 2.45) is 0 Å². The maximum absolute atomic E-state index is 12.0. The second kappa shape index (κ2) is 19.6. The monoisotopic (exact) mass is 416 g/mol. The minimum absolute atomic E-state index is 0.0883. The van der Waals surface area contributed by atoms with Gasteiger partial charge in [-0.05, 0) is 37.0 Å². The standard InChI is InChI=1S/C28H48O2/c1-3-5-7-9-11-12-13-14-15-17-19-21-28(29)30-27-24-22-26(23-25-27)20-18-16-10-8-6-4-2/h22-25H,3-21H2,1-2H3. The fraction of sp³-hybridized carbons (Fsp3) is 0.750. The summed E-state index contributed by atoms with van der Waals surface area (Å²) in [5.41, 5.74) is 1.34. The molecule has 2 heteroatoms. The third-order valence-electron chi connectivity index (χ3n) is 5.96. The molecule has 0 saturated carbocycles. The predicted octanol–water partition coefficient (Wildman–Crippen LogP) is 9.20. The van der Waals surface area contributed by atoms with E-state index in [9.17, 15) is 4.79 Å². The van der Waals surface area contributed by atoms with Crippen molar-refractivity contribution in [3.63, 3.8) is 0 Å². The molecule has 0 heterocycles. The van der Waals surface area contributed by atoms with Crippen LogP contribution in [-0.4, -0.2) is 5.97 Å². The van der Waals surface area contributed by atoms with Crippen molar-refractivity contribution in [1.29, 1.82) is 0 Å². The van der Waals surface area contributed by atoms with Gasteiger partial charge in [0.1, 0.15) is 5.75 Å². The van der Waals surface area contributed by atoms with Crippen LogP contribution in [0.3, 0.4) is 0 Å². The summed E-state index contributed by atoms with van der Waals surface area (Å²) < 4.78 is 5.49. The Kier molecular flexibility index (Phi) is 17.5. The van der Waals surface area contributed by atoms with Gasteiger partial charge in [0.05, 0.1) is 0 Å². The van der Waals surface area contributed by atoms with Gasteiger partial charge in [0.25, 0.3) is 0 Å². The van der Waals surface area contributed by atoms with Gasteiger partial charge in [0, 0.05) is 6.42 Å². The highest BCUT2D eigenvalue weighted by atomic mass is 16.5. The van der Waals surface area contributed by atoms with Gasteiger partial charge in [0.15, 0.2) is 0 Å². The Morgan fingerprint density at radius 2 is 1.03 bits per heavy atom. The van der Waals surface area contributed by atoms with Crippen LogP contribution in [0.2, 0.25) is 0 Å². The molecule has 0 fully saturated rings. The Labute approximate surface area is 187 Å². The molecule has 0 aliphatic carbocycles. The van der Waals surface area contributed by atoms with E-state index in [1.807, 2.05) is 12.1 Å². The second-order valence-corrected chi connectivity index (χ2v) is 8.92. The minimum Gasteiger partial charge on any atom is -0.427 e. The largest absolute Gasteiger partial charge is 0.427 e. The van der Waals surface area contributed by atoms with Crippen molar-refractivity contribution in [1.82, 2.24) is 0 Å². The summed E-state index contributed by atoms with van der Waals surface area (Å²) in [6.07, 6.45) is 23.9. The van der Waals surface area contributed by atoms with Crippen molar-refractivity contribution >= 4 is 5.97 Å². The van der Waals surface area contributed by atoms with E-state index in [-0.39, 0.29) is 5.97 Å². The molecule has 1 aromatic carbocycles. The first-order valence-corrected chi connectivity index (χ1v) is 13.1. The van der Waals surface area contributed by atoms with E-state index in [1.165, 1.54) is 102 Å². The van der Waals surface area contributed by atoms with Gasteiger partial charge in [-0.3, -0.25) is 4.79 Å². The highest BCUT2D eigenvalue weighted by Crippen LogP contribution is 2.17. The Hall–Kier alpha value is -1.31. The third-order valence-corrected chi connectivity index (χ3v) is 5.96. The van der Waals surface area contributed by atoms with E-state index in [0.29, 0.717) is 12.2 Å². The van der Waals surface area contributed by atoms with Crippen LogP contribution in [0.5, 0.6) is 5.75 Å². The molecule has 0 aliphatic rings. The molecule has 0 unspecified atom stereocenters. The number of hydrogen-bond donors (Lipinski definition) is 0. The van der Waals surface area contributed by atoms with E-state index < -0.39 is 0 Å². The summed E-state index contributed by atoms with van der Waals surface area (Å²) in [5, 5.41) is 0. The van der Waals surface area contributed by atoms with Crippen LogP contribution in [0.1, 0.15) is 135 Å². The van der Waals surface area contributed by atoms with Crippen molar-refractivity contribution in [2.45, 2.75) is 136 Å². The van der Waals surface area contributed by atoms with E-state index in [1.54, 1.807) is 0 Å². The first-order chi connectivity index (χ1) is 14.8. The second-order valence-electron chi connectivity index (χ2n) is 8.92. The van der Waals surface area contributed by atoms with Crippen molar-refractivity contribution in [3.8, 4) is 5.75 Å². The zero-order chi connectivity index (χ0) is 21.7. The van der Waals surface area contributed by atoms with Crippen LogP contribution in [0.15, 0.2) is 24.3 Å². The number of carbonyl (C=O) groups is 1. The van der Waals surface area contributed by atoms with Crippen LogP contribution in [0, 0.1) is 0 Å². The molecule has 172 valence electrons. The van der Waals surface area contributed by atoms with Crippen LogP contribution < -0.4 is 4.74 Å². The van der Waals surface area contributed by atoms with Gasteiger partial charge < -0.3 is 4.74 Å². The molecule has 0 spiro atoms. The fourth-order valence-corrected chi connectivity index (χ4v) is 3.95. The Morgan fingerprint density at radius 1 is 0.600 bits per heavy atom. The molecule has 0 N–H and O–H groups in total. The maximum atomic E-state index is 12.0. The third kappa shape index (κ3) is 15.5. The summed E-state index contributed by atoms with van der Waals surface area (Å²) >= 11 is 0. The van der Waals surface area contributed by atoms with Gasteiger partial charge in [-0.1, -0.05) is 122 Å². The number of rotatable bonds is 20. The van der Waals surface area contributed by atoms with Crippen molar-refractivity contribution in [2.75, 3.05) is 0 Å². The topological polar surface area (TPSA) is 26.3 Å². The number of carbonyl (C=O) groups excluding carboxylic acids is 1. The molecule has 0 aliphatic heterocycles. The first-order valence-electron chi connectivity index (χ1n) is 13.1. The SMILES string of the molecule is CCCCCCCCCCCCCC(=O)Oc1ccc(CCCCCCCC)cc1. The molecule has 30 heavy (non-hydrogen) atoms. The lowest BCUT2D eigenvalue weighted by molar-refractivity contribution is -0.134. The van der Waals surface area contributed by atoms with Crippen LogP contribution in [0.4, 0.5) is 0 Å². The van der Waals surface area contributed by atoms with Gasteiger partial charge >= 0.3 is 5.97 Å². The Balaban J connectivity index is 2.00. The Morgan fingerprint density at radius 3 is 1.53 bits per heavy atom. The maximum Gasteiger partial charge on any atom is 0.311 e. The molecule has 0 aromatic heterocycles. The molecular formula is C28H48O2. The van der Waals surface area contributed by atoms with Crippen LogP contribution in [0.25, 0.3) is 0 Å². The molecule has 0 radical (unpaired) electrons. The molecule has 2 nitrogen and oxygen atoms in total. The minimum atomic E-state index is -0.0883. The first kappa shape index (κ1) is 26.7. The van der Waals surface area contributed by atoms with Gasteiger partial charge in [-0.2, -0.15) is 0 Å². The number of aryl methyl sites for hydroxylation is 1. The number of ether oxygens (including phenoxy) is 1. The molecule has 0 atom stereocenters. The van der Waals surface area contributed by atoms with Gasteiger partial charge in [-0.15, -0.1) is 0 Å². The average molecular weight is 417 g/mol. The highest BCUT2D eigenvalue weighted by molar-refractivity contribution is 5.72. The Bertz CT molecular complexity index is 506. The highest BCUT2D eigenvalue weighted by Gasteiger charge is 2.05. The van der Waals surface area contributed by atoms with Gasteiger partial charge in [-0.25, -0.2) is 0 Å². The van der Waals surface area contributed by atoms with E-state index in [4.69, 9.17) is 4.74 Å². The van der Waals surface area contributed by atoms with Crippen molar-refractivity contribution in [3.05, 3.63) is 29.8 Å². The van der Waals surface area contributed by atoms with Crippen LogP contribution >= 0.6 is 0 Å². The number of esters is 1. The normalized spacial score (nSPS) is 11.0. The van der Waals surface area contributed by atoms with E-state index in [2.05, 4.69) is 26.0 Å². The fourth-order valence-electron chi connectivity index (χ4n) is 3.95. The van der Waals surface area contributed by atoms with Gasteiger partial charge in [0.2, 0.25) is 0 Å². The molecule has 0 bridgehead atoms. The van der Waals surface area contributed by atoms with Crippen LogP contribution in [-0.2, 0) is 11.2 Å². The average Bonchev–Trinajstić information content (AvgIpc) is 2.75. The number of unbranched alkanes of at least 4 members (excludes halogenated alkanes) is 15. The molecule has 1 rings (SSSR count). The summed E-state index contributed by atoms with van der Waals surface area (Å²) in [7, 11) is 0. The van der Waals surface area contributed by atoms with Crippen molar-refractivity contribution < 1.29 is 9.53 Å². The zero-order valence-corrected chi connectivity index (χ0v) is 20.1. The molecular weight excluding hydrogens is 368 g/mol. The molecule has 0 saturated heterocycles. The van der Waals surface area contributed by atoms with E-state index in [0.717, 1.165) is 19.3 Å². The summed E-state index contributed by atoms with van der Waals surface area (Å²) in [6.45, 7) is 4.52. The lowest BCUT2D eigenvalue weighted by atomic mass is 10.0. The summed E-state index contributed by atoms with van der Waals surface area (Å²) in [6, 6.07) is 8.11. The smallest absolute Gasteiger partial charge is 0.311 e. The lowest BCUT2D eigenvalue weighted by Crippen LogP contribution is -2.07. The van der Waals surface area contributed by atoms with E-state index >= 15 is 0 Å². The zero-order valence-electron chi connectivity index (χ0n) is 20.1. The number of hydrogen-bond acceptors (Lipinski definition) is 2. The molecule has 0 amide bonds. The lowest BCUT2D eigenvalue weighted by Gasteiger charge is -2.06. The predicted molar refractivity (Wildman–Crippen MR) is 130 cm³/mol. The summed E-state index contributed by atoms with van der Waals surface area (Å²) in [5.74, 6) is 0.601. The summed E-state index contributed by atoms with van der Waals surface area (Å²) in [4.78, 5) is 12.0. The quantitative estimate of drug-likeness (QED) is 0.120.